The van der Waals surface area contributed by atoms with Crippen LogP contribution in [0.4, 0.5) is 4.39 Å². The van der Waals surface area contributed by atoms with Crippen LogP contribution < -0.4 is 0 Å². The summed E-state index contributed by atoms with van der Waals surface area (Å²) >= 11 is 13.7. The third kappa shape index (κ3) is 4.04. The number of nitrogens with zero attached hydrogens (tertiary/aromatic N) is 1. The molecule has 1 heterocycles. The van der Waals surface area contributed by atoms with Crippen molar-refractivity contribution in [1.82, 2.24) is 4.31 Å². The Bertz CT molecular complexity index is 921. The maximum Gasteiger partial charge on any atom is 0.244 e. The Balaban J connectivity index is 1.85. The van der Waals surface area contributed by atoms with Gasteiger partial charge in [0.05, 0.1) is 5.02 Å². The van der Waals surface area contributed by atoms with Crippen molar-refractivity contribution in [2.45, 2.75) is 23.5 Å². The second-order valence-electron chi connectivity index (χ2n) is 6.11. The molecule has 1 saturated heterocycles. The normalized spacial score (nSPS) is 19.3. The summed E-state index contributed by atoms with van der Waals surface area (Å²) in [5, 5.41) is 0.474. The van der Waals surface area contributed by atoms with Gasteiger partial charge >= 0.3 is 0 Å². The van der Waals surface area contributed by atoms with E-state index in [4.69, 9.17) is 23.2 Å². The lowest BCUT2D eigenvalue weighted by molar-refractivity contribution is 0.427. The number of aryl methyl sites for hydroxylation is 1. The van der Waals surface area contributed by atoms with E-state index in [2.05, 4.69) is 0 Å². The number of thioether (sulfide) groups is 1. The average molecular weight is 434 g/mol. The van der Waals surface area contributed by atoms with Crippen LogP contribution in [0.2, 0.25) is 10.0 Å². The Morgan fingerprint density at radius 3 is 2.62 bits per heavy atom. The molecule has 1 aliphatic rings. The van der Waals surface area contributed by atoms with Crippen molar-refractivity contribution in [2.24, 2.45) is 0 Å². The van der Waals surface area contributed by atoms with Gasteiger partial charge in [-0.1, -0.05) is 41.4 Å². The minimum atomic E-state index is -3.74. The number of hydrogen-bond donors (Lipinski definition) is 0. The molecule has 8 heteroatoms. The summed E-state index contributed by atoms with van der Waals surface area (Å²) in [7, 11) is -3.74. The Morgan fingerprint density at radius 2 is 1.88 bits per heavy atom. The molecular formula is C18H18Cl2FNO2S2. The van der Waals surface area contributed by atoms with E-state index in [0.29, 0.717) is 41.4 Å². The Morgan fingerprint density at radius 1 is 1.15 bits per heavy atom. The second kappa shape index (κ2) is 8.07. The van der Waals surface area contributed by atoms with Crippen LogP contribution in [0.25, 0.3) is 0 Å². The molecule has 2 aromatic rings. The number of sulfonamides is 1. The van der Waals surface area contributed by atoms with Crippen LogP contribution in [0, 0.1) is 12.7 Å². The number of halogens is 3. The van der Waals surface area contributed by atoms with Gasteiger partial charge in [-0.3, -0.25) is 0 Å². The van der Waals surface area contributed by atoms with E-state index in [9.17, 15) is 12.8 Å². The van der Waals surface area contributed by atoms with Gasteiger partial charge in [0.25, 0.3) is 0 Å². The lowest BCUT2D eigenvalue weighted by Crippen LogP contribution is -2.33. The van der Waals surface area contributed by atoms with Crippen molar-refractivity contribution >= 4 is 45.0 Å². The number of rotatable bonds is 3. The summed E-state index contributed by atoms with van der Waals surface area (Å²) in [4.78, 5) is 0.0652. The molecule has 0 saturated carbocycles. The predicted octanol–water partition coefficient (Wildman–Crippen LogP) is 5.31. The monoisotopic (exact) mass is 433 g/mol. The quantitative estimate of drug-likeness (QED) is 0.657. The third-order valence-corrected chi connectivity index (χ3v) is 8.46. The van der Waals surface area contributed by atoms with Crippen LogP contribution >= 0.6 is 35.0 Å². The Labute approximate surface area is 167 Å². The first-order chi connectivity index (χ1) is 12.3. The molecule has 2 aromatic carbocycles. The fourth-order valence-corrected chi connectivity index (χ4v) is 6.57. The first-order valence-electron chi connectivity index (χ1n) is 8.12. The molecule has 1 unspecified atom stereocenters. The van der Waals surface area contributed by atoms with Gasteiger partial charge < -0.3 is 0 Å². The van der Waals surface area contributed by atoms with Crippen molar-refractivity contribution < 1.29 is 12.8 Å². The van der Waals surface area contributed by atoms with Gasteiger partial charge in [-0.25, -0.2) is 12.8 Å². The molecule has 0 N–H and O–H groups in total. The lowest BCUT2D eigenvalue weighted by atomic mass is 10.1. The minimum Gasteiger partial charge on any atom is -0.207 e. The first kappa shape index (κ1) is 20.0. The number of hydrogen-bond acceptors (Lipinski definition) is 3. The van der Waals surface area contributed by atoms with Crippen LogP contribution in [0.1, 0.15) is 22.8 Å². The number of benzene rings is 2. The van der Waals surface area contributed by atoms with Crippen molar-refractivity contribution in [3.63, 3.8) is 0 Å². The van der Waals surface area contributed by atoms with E-state index in [1.165, 1.54) is 22.5 Å². The van der Waals surface area contributed by atoms with Crippen LogP contribution in [0.15, 0.2) is 41.3 Å². The van der Waals surface area contributed by atoms with Crippen LogP contribution in [0.5, 0.6) is 0 Å². The molecule has 1 aliphatic heterocycles. The van der Waals surface area contributed by atoms with E-state index >= 15 is 0 Å². The minimum absolute atomic E-state index is 0.0652. The Hall–Kier alpha value is -0.790. The van der Waals surface area contributed by atoms with Gasteiger partial charge in [0.1, 0.15) is 10.7 Å². The summed E-state index contributed by atoms with van der Waals surface area (Å²) < 4.78 is 41.6. The zero-order valence-electron chi connectivity index (χ0n) is 14.1. The van der Waals surface area contributed by atoms with Crippen LogP contribution in [-0.2, 0) is 10.0 Å². The summed E-state index contributed by atoms with van der Waals surface area (Å²) in [6.07, 6.45) is 0.537. The highest BCUT2D eigenvalue weighted by molar-refractivity contribution is 7.99. The van der Waals surface area contributed by atoms with E-state index in [1.807, 2.05) is 0 Å². The largest absolute Gasteiger partial charge is 0.244 e. The molecule has 3 nitrogen and oxygen atoms in total. The molecule has 140 valence electrons. The highest BCUT2D eigenvalue weighted by atomic mass is 35.5. The maximum absolute atomic E-state index is 14.1. The second-order valence-corrected chi connectivity index (χ2v) is 10.1. The zero-order chi connectivity index (χ0) is 18.9. The molecule has 0 aliphatic carbocycles. The molecule has 0 radical (unpaired) electrons. The van der Waals surface area contributed by atoms with Gasteiger partial charge in [-0.05, 0) is 37.1 Å². The van der Waals surface area contributed by atoms with E-state index in [-0.39, 0.29) is 21.0 Å². The fourth-order valence-electron chi connectivity index (χ4n) is 2.94. The first-order valence-corrected chi connectivity index (χ1v) is 11.4. The molecule has 0 spiro atoms. The van der Waals surface area contributed by atoms with E-state index in [0.717, 1.165) is 0 Å². The van der Waals surface area contributed by atoms with Gasteiger partial charge in [0, 0.05) is 34.7 Å². The lowest BCUT2D eigenvalue weighted by Gasteiger charge is -2.21. The topological polar surface area (TPSA) is 37.4 Å². The summed E-state index contributed by atoms with van der Waals surface area (Å²) in [6, 6.07) is 9.62. The van der Waals surface area contributed by atoms with Gasteiger partial charge in [-0.15, -0.1) is 0 Å². The van der Waals surface area contributed by atoms with Crippen LogP contribution in [0.3, 0.4) is 0 Å². The van der Waals surface area contributed by atoms with Crippen molar-refractivity contribution in [3.05, 3.63) is 63.4 Å². The third-order valence-electron chi connectivity index (χ3n) is 4.38. The molecule has 26 heavy (non-hydrogen) atoms. The van der Waals surface area contributed by atoms with Gasteiger partial charge in [0.2, 0.25) is 10.0 Å². The summed E-state index contributed by atoms with van der Waals surface area (Å²) in [5.74, 6) is 0.334. The highest BCUT2D eigenvalue weighted by Crippen LogP contribution is 2.37. The van der Waals surface area contributed by atoms with Crippen molar-refractivity contribution in [1.29, 1.82) is 0 Å². The molecule has 1 atom stereocenters. The molecule has 1 fully saturated rings. The fraction of sp³-hybridized carbons (Fsp3) is 0.333. The smallest absolute Gasteiger partial charge is 0.207 e. The molecular weight excluding hydrogens is 416 g/mol. The summed E-state index contributed by atoms with van der Waals surface area (Å²) in [5.41, 5.74) is 1.28. The summed E-state index contributed by atoms with van der Waals surface area (Å²) in [6.45, 7) is 2.41. The van der Waals surface area contributed by atoms with E-state index in [1.54, 1.807) is 36.9 Å². The zero-order valence-corrected chi connectivity index (χ0v) is 17.2. The predicted molar refractivity (Wildman–Crippen MR) is 106 cm³/mol. The van der Waals surface area contributed by atoms with Crippen molar-refractivity contribution in [2.75, 3.05) is 18.8 Å². The highest BCUT2D eigenvalue weighted by Gasteiger charge is 2.31. The van der Waals surface area contributed by atoms with Crippen molar-refractivity contribution in [3.8, 4) is 0 Å². The average Bonchev–Trinajstić information content (AvgIpc) is 2.85. The van der Waals surface area contributed by atoms with Gasteiger partial charge in [-0.2, -0.15) is 16.1 Å². The SMILES string of the molecule is Cc1cc(S(=O)(=O)N2CCSC(c3ccccc3F)CC2)c(Cl)cc1Cl. The van der Waals surface area contributed by atoms with E-state index < -0.39 is 10.0 Å². The molecule has 3 rings (SSSR count). The Kier molecular flexibility index (Phi) is 6.19. The standard InChI is InChI=1S/C18H18Cl2FNO2S2/c1-12-10-18(15(20)11-14(12)19)26(23,24)22-7-6-17(25-9-8-22)13-4-2-3-5-16(13)21/h2-5,10-11,17H,6-9H2,1H3. The molecule has 0 amide bonds. The maximum atomic E-state index is 14.1. The van der Waals surface area contributed by atoms with Gasteiger partial charge in [0.15, 0.2) is 0 Å². The molecule has 0 aromatic heterocycles. The molecule has 0 bridgehead atoms. The van der Waals surface area contributed by atoms with Crippen LogP contribution in [-0.4, -0.2) is 31.6 Å².